The van der Waals surface area contributed by atoms with Crippen LogP contribution >= 0.6 is 11.6 Å². The van der Waals surface area contributed by atoms with Crippen LogP contribution in [0.25, 0.3) is 0 Å². The van der Waals surface area contributed by atoms with E-state index in [-0.39, 0.29) is 6.42 Å². The monoisotopic (exact) mass is 281 g/mol. The van der Waals surface area contributed by atoms with Crippen LogP contribution < -0.4 is 10.1 Å². The second-order valence-electron chi connectivity index (χ2n) is 3.85. The van der Waals surface area contributed by atoms with E-state index in [1.807, 2.05) is 0 Å². The number of halogens is 4. The van der Waals surface area contributed by atoms with Gasteiger partial charge in [-0.25, -0.2) is 0 Å². The molecule has 1 aromatic carbocycles. The molecule has 2 nitrogen and oxygen atoms in total. The quantitative estimate of drug-likeness (QED) is 0.801. The van der Waals surface area contributed by atoms with Gasteiger partial charge in [-0.1, -0.05) is 11.6 Å². The lowest BCUT2D eigenvalue weighted by Crippen LogP contribution is -2.18. The maximum absolute atomic E-state index is 11.9. The molecule has 0 radical (unpaired) electrons. The van der Waals surface area contributed by atoms with Crippen molar-refractivity contribution in [2.75, 3.05) is 13.7 Å². The molecule has 1 N–H and O–H groups in total. The number of methoxy groups -OCH3 is 1. The van der Waals surface area contributed by atoms with Crippen molar-refractivity contribution in [2.24, 2.45) is 0 Å². The predicted octanol–water partition coefficient (Wildman–Crippen LogP) is 3.78. The van der Waals surface area contributed by atoms with Gasteiger partial charge in [0.05, 0.1) is 7.11 Å². The average Bonchev–Trinajstić information content (AvgIpc) is 2.27. The van der Waals surface area contributed by atoms with Gasteiger partial charge in [0.25, 0.3) is 0 Å². The van der Waals surface area contributed by atoms with Crippen LogP contribution in [0.2, 0.25) is 5.02 Å². The van der Waals surface area contributed by atoms with Gasteiger partial charge in [-0.15, -0.1) is 0 Å². The summed E-state index contributed by atoms with van der Waals surface area (Å²) in [5.41, 5.74) is 0.831. The van der Waals surface area contributed by atoms with Gasteiger partial charge >= 0.3 is 6.18 Å². The van der Waals surface area contributed by atoms with E-state index in [1.54, 1.807) is 18.2 Å². The summed E-state index contributed by atoms with van der Waals surface area (Å²) in [5.74, 6) is 0.669. The van der Waals surface area contributed by atoms with Crippen LogP contribution in [0.15, 0.2) is 18.2 Å². The molecule has 18 heavy (non-hydrogen) atoms. The fourth-order valence-corrected chi connectivity index (χ4v) is 1.72. The van der Waals surface area contributed by atoms with E-state index in [4.69, 9.17) is 16.3 Å². The van der Waals surface area contributed by atoms with E-state index in [2.05, 4.69) is 5.32 Å². The average molecular weight is 282 g/mol. The highest BCUT2D eigenvalue weighted by atomic mass is 35.5. The Balaban J connectivity index is 2.37. The predicted molar refractivity (Wildman–Crippen MR) is 65.0 cm³/mol. The van der Waals surface area contributed by atoms with Crippen molar-refractivity contribution < 1.29 is 17.9 Å². The Labute approximate surface area is 109 Å². The second kappa shape index (κ2) is 6.85. The number of rotatable bonds is 6. The number of hydrogen-bond donors (Lipinski definition) is 1. The Morgan fingerprint density at radius 1 is 1.33 bits per heavy atom. The summed E-state index contributed by atoms with van der Waals surface area (Å²) in [5, 5.41) is 3.51. The lowest BCUT2D eigenvalue weighted by atomic mass is 10.2. The van der Waals surface area contributed by atoms with E-state index >= 15 is 0 Å². The third-order valence-electron chi connectivity index (χ3n) is 2.37. The van der Waals surface area contributed by atoms with Crippen molar-refractivity contribution in [1.82, 2.24) is 5.32 Å². The van der Waals surface area contributed by atoms with Gasteiger partial charge in [-0.05, 0) is 31.2 Å². The minimum Gasteiger partial charge on any atom is -0.496 e. The standard InChI is InChI=1S/C12H15ClF3NO/c1-18-11-4-3-10(13)7-9(11)8-17-6-2-5-12(14,15)16/h3-4,7,17H,2,5-6,8H2,1H3. The Kier molecular flexibility index (Phi) is 5.75. The molecule has 0 aliphatic heterocycles. The summed E-state index contributed by atoms with van der Waals surface area (Å²) in [6, 6.07) is 5.17. The van der Waals surface area contributed by atoms with Crippen LogP contribution in [0, 0.1) is 0 Å². The molecule has 0 amide bonds. The highest BCUT2D eigenvalue weighted by Gasteiger charge is 2.25. The summed E-state index contributed by atoms with van der Waals surface area (Å²) in [6.45, 7) is 0.733. The summed E-state index contributed by atoms with van der Waals surface area (Å²) in [4.78, 5) is 0. The van der Waals surface area contributed by atoms with Crippen molar-refractivity contribution in [3.8, 4) is 5.75 Å². The Morgan fingerprint density at radius 3 is 2.67 bits per heavy atom. The highest BCUT2D eigenvalue weighted by Crippen LogP contribution is 2.23. The molecule has 6 heteroatoms. The highest BCUT2D eigenvalue weighted by molar-refractivity contribution is 6.30. The smallest absolute Gasteiger partial charge is 0.389 e. The summed E-state index contributed by atoms with van der Waals surface area (Å²) >= 11 is 5.84. The first-order chi connectivity index (χ1) is 8.42. The zero-order valence-electron chi connectivity index (χ0n) is 9.98. The molecule has 0 bridgehead atoms. The van der Waals surface area contributed by atoms with Crippen LogP contribution in [-0.4, -0.2) is 19.8 Å². The van der Waals surface area contributed by atoms with Crippen molar-refractivity contribution in [1.29, 1.82) is 0 Å². The topological polar surface area (TPSA) is 21.3 Å². The fourth-order valence-electron chi connectivity index (χ4n) is 1.52. The largest absolute Gasteiger partial charge is 0.496 e. The molecule has 0 heterocycles. The molecule has 0 saturated heterocycles. The van der Waals surface area contributed by atoms with Gasteiger partial charge in [0.1, 0.15) is 5.75 Å². The molecule has 0 aliphatic carbocycles. The second-order valence-corrected chi connectivity index (χ2v) is 4.29. The van der Waals surface area contributed by atoms with Crippen molar-refractivity contribution in [3.63, 3.8) is 0 Å². The van der Waals surface area contributed by atoms with E-state index in [0.717, 1.165) is 5.56 Å². The van der Waals surface area contributed by atoms with Gasteiger partial charge in [0.15, 0.2) is 0 Å². The zero-order chi connectivity index (χ0) is 13.6. The van der Waals surface area contributed by atoms with Crippen molar-refractivity contribution >= 4 is 11.6 Å². The van der Waals surface area contributed by atoms with Gasteiger partial charge in [0, 0.05) is 23.6 Å². The zero-order valence-corrected chi connectivity index (χ0v) is 10.7. The molecular weight excluding hydrogens is 267 g/mol. The van der Waals surface area contributed by atoms with Gasteiger partial charge in [-0.3, -0.25) is 0 Å². The maximum atomic E-state index is 11.9. The minimum atomic E-state index is -4.09. The van der Waals surface area contributed by atoms with E-state index in [0.29, 0.717) is 23.9 Å². The van der Waals surface area contributed by atoms with Gasteiger partial charge in [-0.2, -0.15) is 13.2 Å². The van der Waals surface area contributed by atoms with Crippen LogP contribution in [0.4, 0.5) is 13.2 Å². The maximum Gasteiger partial charge on any atom is 0.389 e. The molecule has 0 aromatic heterocycles. The SMILES string of the molecule is COc1ccc(Cl)cc1CNCCCC(F)(F)F. The lowest BCUT2D eigenvalue weighted by molar-refractivity contribution is -0.135. The van der Waals surface area contributed by atoms with E-state index in [9.17, 15) is 13.2 Å². The number of ether oxygens (including phenoxy) is 1. The first kappa shape index (κ1) is 15.1. The van der Waals surface area contributed by atoms with Crippen LogP contribution in [0.3, 0.4) is 0 Å². The summed E-state index contributed by atoms with van der Waals surface area (Å²) in [6.07, 6.45) is -4.80. The van der Waals surface area contributed by atoms with Crippen molar-refractivity contribution in [3.05, 3.63) is 28.8 Å². The molecule has 0 aliphatic rings. The van der Waals surface area contributed by atoms with E-state index < -0.39 is 12.6 Å². The van der Waals surface area contributed by atoms with Crippen LogP contribution in [0.1, 0.15) is 18.4 Å². The first-order valence-corrected chi connectivity index (χ1v) is 5.90. The third kappa shape index (κ3) is 5.60. The molecule has 0 unspecified atom stereocenters. The van der Waals surface area contributed by atoms with Crippen LogP contribution in [0.5, 0.6) is 5.75 Å². The molecule has 0 saturated carbocycles. The Bertz CT molecular complexity index is 382. The number of hydrogen-bond acceptors (Lipinski definition) is 2. The number of nitrogens with one attached hydrogen (secondary N) is 1. The number of alkyl halides is 3. The van der Waals surface area contributed by atoms with Crippen LogP contribution in [-0.2, 0) is 6.54 Å². The van der Waals surface area contributed by atoms with Gasteiger partial charge < -0.3 is 10.1 Å². The minimum absolute atomic E-state index is 0.0619. The Hall–Kier alpha value is -0.940. The molecule has 0 spiro atoms. The lowest BCUT2D eigenvalue weighted by Gasteiger charge is -2.10. The van der Waals surface area contributed by atoms with E-state index in [1.165, 1.54) is 7.11 Å². The molecular formula is C12H15ClF3NO. The molecule has 0 fully saturated rings. The van der Waals surface area contributed by atoms with Gasteiger partial charge in [0.2, 0.25) is 0 Å². The fraction of sp³-hybridized carbons (Fsp3) is 0.500. The van der Waals surface area contributed by atoms with Crippen molar-refractivity contribution in [2.45, 2.75) is 25.6 Å². The molecule has 1 rings (SSSR count). The molecule has 0 atom stereocenters. The molecule has 1 aromatic rings. The summed E-state index contributed by atoms with van der Waals surface area (Å²) < 4.78 is 40.9. The summed E-state index contributed by atoms with van der Waals surface area (Å²) in [7, 11) is 1.54. The normalized spacial score (nSPS) is 11.6. The third-order valence-corrected chi connectivity index (χ3v) is 2.61. The Morgan fingerprint density at radius 2 is 2.06 bits per heavy atom. The number of benzene rings is 1. The molecule has 102 valence electrons. The first-order valence-electron chi connectivity index (χ1n) is 5.52.